The summed E-state index contributed by atoms with van der Waals surface area (Å²) in [6.07, 6.45) is 2.14. The van der Waals surface area contributed by atoms with E-state index in [4.69, 9.17) is 5.73 Å². The summed E-state index contributed by atoms with van der Waals surface area (Å²) < 4.78 is 3.93. The number of carbonyl (C=O) groups is 1. The van der Waals surface area contributed by atoms with Gasteiger partial charge < -0.3 is 10.6 Å². The van der Waals surface area contributed by atoms with Crippen molar-refractivity contribution in [3.63, 3.8) is 0 Å². The summed E-state index contributed by atoms with van der Waals surface area (Å²) in [7, 11) is 0. The van der Waals surface area contributed by atoms with Crippen molar-refractivity contribution < 1.29 is 4.79 Å². The molecule has 1 fully saturated rings. The van der Waals surface area contributed by atoms with Crippen molar-refractivity contribution in [1.82, 2.24) is 14.5 Å². The zero-order valence-corrected chi connectivity index (χ0v) is 12.6. The van der Waals surface area contributed by atoms with Gasteiger partial charge in [-0.2, -0.15) is 0 Å². The summed E-state index contributed by atoms with van der Waals surface area (Å²) in [5, 5.41) is 4.08. The minimum absolute atomic E-state index is 0.0732. The summed E-state index contributed by atoms with van der Waals surface area (Å²) >= 11 is 1.21. The van der Waals surface area contributed by atoms with Gasteiger partial charge in [0, 0.05) is 19.1 Å². The second-order valence-electron chi connectivity index (χ2n) is 5.65. The van der Waals surface area contributed by atoms with Crippen molar-refractivity contribution in [1.29, 1.82) is 0 Å². The van der Waals surface area contributed by atoms with Crippen LogP contribution >= 0.6 is 11.5 Å². The van der Waals surface area contributed by atoms with E-state index < -0.39 is 0 Å². The lowest BCUT2D eigenvalue weighted by molar-refractivity contribution is 0.0664. The van der Waals surface area contributed by atoms with Crippen LogP contribution < -0.4 is 5.73 Å². The van der Waals surface area contributed by atoms with Gasteiger partial charge in [-0.05, 0) is 43.1 Å². The Morgan fingerprint density at radius 2 is 2.21 bits per heavy atom. The van der Waals surface area contributed by atoms with Crippen molar-refractivity contribution in [3.8, 4) is 0 Å². The van der Waals surface area contributed by atoms with Crippen LogP contribution in [0.4, 0.5) is 0 Å². The molecular formula is C13H22N4OS. The summed E-state index contributed by atoms with van der Waals surface area (Å²) in [6, 6.07) is 0.139. The van der Waals surface area contributed by atoms with Crippen LogP contribution in [-0.2, 0) is 0 Å². The van der Waals surface area contributed by atoms with E-state index in [0.29, 0.717) is 10.8 Å². The van der Waals surface area contributed by atoms with Crippen molar-refractivity contribution >= 4 is 17.4 Å². The highest BCUT2D eigenvalue weighted by Gasteiger charge is 2.29. The van der Waals surface area contributed by atoms with Gasteiger partial charge in [-0.1, -0.05) is 18.3 Å². The van der Waals surface area contributed by atoms with Crippen LogP contribution in [0.1, 0.15) is 54.9 Å². The van der Waals surface area contributed by atoms with Crippen molar-refractivity contribution in [3.05, 3.63) is 10.6 Å². The van der Waals surface area contributed by atoms with Crippen LogP contribution in [0.15, 0.2) is 0 Å². The Morgan fingerprint density at radius 1 is 1.47 bits per heavy atom. The molecule has 1 aromatic heterocycles. The van der Waals surface area contributed by atoms with Gasteiger partial charge in [-0.15, -0.1) is 5.10 Å². The molecule has 2 rings (SSSR count). The van der Waals surface area contributed by atoms with Crippen LogP contribution in [0.25, 0.3) is 0 Å². The highest BCUT2D eigenvalue weighted by molar-refractivity contribution is 7.08. The van der Waals surface area contributed by atoms with Crippen molar-refractivity contribution in [2.24, 2.45) is 11.7 Å². The zero-order valence-electron chi connectivity index (χ0n) is 11.8. The Hall–Kier alpha value is -1.01. The maximum Gasteiger partial charge on any atom is 0.267 e. The minimum Gasteiger partial charge on any atom is -0.338 e. The molecule has 106 valence electrons. The highest BCUT2D eigenvalue weighted by Crippen LogP contribution is 2.25. The first kappa shape index (κ1) is 14.4. The Balaban J connectivity index is 2.13. The lowest BCUT2D eigenvalue weighted by Gasteiger charge is -2.34. The van der Waals surface area contributed by atoms with Gasteiger partial charge in [-0.3, -0.25) is 4.79 Å². The lowest BCUT2D eigenvalue weighted by Crippen LogP contribution is -2.45. The standard InChI is InChI=1S/C13H22N4OS/c1-8(2)11-12(19-16-15-11)13(18)17-6-4-5-10(7-17)9(3)14/h8-10H,4-7,14H2,1-3H3. The molecular weight excluding hydrogens is 260 g/mol. The molecule has 1 aromatic rings. The van der Waals surface area contributed by atoms with Crippen LogP contribution in [0.3, 0.4) is 0 Å². The lowest BCUT2D eigenvalue weighted by atomic mass is 9.92. The number of hydrogen-bond donors (Lipinski definition) is 1. The third-order valence-electron chi connectivity index (χ3n) is 3.74. The largest absolute Gasteiger partial charge is 0.338 e. The van der Waals surface area contributed by atoms with Gasteiger partial charge in [0.25, 0.3) is 5.91 Å². The van der Waals surface area contributed by atoms with Crippen molar-refractivity contribution in [2.45, 2.75) is 45.6 Å². The predicted molar refractivity (Wildman–Crippen MR) is 76.3 cm³/mol. The maximum atomic E-state index is 12.6. The number of carbonyl (C=O) groups excluding carboxylic acids is 1. The number of nitrogens with zero attached hydrogens (tertiary/aromatic N) is 3. The monoisotopic (exact) mass is 282 g/mol. The molecule has 0 aromatic carbocycles. The van der Waals surface area contributed by atoms with E-state index in [-0.39, 0.29) is 17.9 Å². The second kappa shape index (κ2) is 5.96. The molecule has 2 atom stereocenters. The fourth-order valence-electron chi connectivity index (χ4n) is 2.49. The molecule has 19 heavy (non-hydrogen) atoms. The molecule has 2 N–H and O–H groups in total. The molecule has 1 amide bonds. The molecule has 6 heteroatoms. The molecule has 0 bridgehead atoms. The maximum absolute atomic E-state index is 12.6. The molecule has 0 radical (unpaired) electrons. The van der Waals surface area contributed by atoms with E-state index in [1.54, 1.807) is 0 Å². The van der Waals surface area contributed by atoms with E-state index in [0.717, 1.165) is 31.6 Å². The first-order valence-corrected chi connectivity index (χ1v) is 7.65. The Labute approximate surface area is 118 Å². The average Bonchev–Trinajstić information content (AvgIpc) is 2.87. The van der Waals surface area contributed by atoms with E-state index >= 15 is 0 Å². The molecule has 1 aliphatic rings. The van der Waals surface area contributed by atoms with Crippen LogP contribution in [0.2, 0.25) is 0 Å². The van der Waals surface area contributed by atoms with E-state index in [2.05, 4.69) is 9.59 Å². The Bertz CT molecular complexity index is 444. The van der Waals surface area contributed by atoms with E-state index in [1.165, 1.54) is 11.5 Å². The SMILES string of the molecule is CC(C)c1nnsc1C(=O)N1CCCC(C(C)N)C1. The van der Waals surface area contributed by atoms with Crippen LogP contribution in [0.5, 0.6) is 0 Å². The molecule has 1 saturated heterocycles. The first-order valence-electron chi connectivity index (χ1n) is 6.87. The summed E-state index contributed by atoms with van der Waals surface area (Å²) in [5.74, 6) is 0.705. The smallest absolute Gasteiger partial charge is 0.267 e. The van der Waals surface area contributed by atoms with Gasteiger partial charge in [0.05, 0.1) is 5.69 Å². The third-order valence-corrected chi connectivity index (χ3v) is 4.47. The Kier molecular flexibility index (Phi) is 4.52. The normalized spacial score (nSPS) is 21.7. The number of aromatic nitrogens is 2. The van der Waals surface area contributed by atoms with Crippen LogP contribution in [-0.4, -0.2) is 39.5 Å². The molecule has 2 heterocycles. The van der Waals surface area contributed by atoms with Crippen LogP contribution in [0, 0.1) is 5.92 Å². The van der Waals surface area contributed by atoms with Crippen molar-refractivity contribution in [2.75, 3.05) is 13.1 Å². The van der Waals surface area contributed by atoms with Gasteiger partial charge >= 0.3 is 0 Å². The molecule has 1 aliphatic heterocycles. The third kappa shape index (κ3) is 3.12. The van der Waals surface area contributed by atoms with Gasteiger partial charge in [0.2, 0.25) is 0 Å². The first-order chi connectivity index (χ1) is 9.00. The van der Waals surface area contributed by atoms with Gasteiger partial charge in [0.15, 0.2) is 0 Å². The highest BCUT2D eigenvalue weighted by atomic mass is 32.1. The Morgan fingerprint density at radius 3 is 2.84 bits per heavy atom. The number of piperidine rings is 1. The number of rotatable bonds is 3. The molecule has 0 spiro atoms. The molecule has 5 nitrogen and oxygen atoms in total. The number of nitrogens with two attached hydrogens (primary N) is 1. The average molecular weight is 282 g/mol. The second-order valence-corrected chi connectivity index (χ2v) is 6.41. The minimum atomic E-state index is 0.0732. The number of amides is 1. The van der Waals surface area contributed by atoms with E-state index in [9.17, 15) is 4.79 Å². The fourth-order valence-corrected chi connectivity index (χ4v) is 3.28. The molecule has 2 unspecified atom stereocenters. The summed E-state index contributed by atoms with van der Waals surface area (Å²) in [5.41, 5.74) is 6.78. The molecule has 0 saturated carbocycles. The molecule has 0 aliphatic carbocycles. The summed E-state index contributed by atoms with van der Waals surface area (Å²) in [6.45, 7) is 7.67. The number of hydrogen-bond acceptors (Lipinski definition) is 5. The zero-order chi connectivity index (χ0) is 14.0. The van der Waals surface area contributed by atoms with Gasteiger partial charge in [0.1, 0.15) is 4.88 Å². The fraction of sp³-hybridized carbons (Fsp3) is 0.769. The topological polar surface area (TPSA) is 72.1 Å². The quantitative estimate of drug-likeness (QED) is 0.918. The van der Waals surface area contributed by atoms with E-state index in [1.807, 2.05) is 25.7 Å². The predicted octanol–water partition coefficient (Wildman–Crippen LogP) is 1.86. The van der Waals surface area contributed by atoms with Gasteiger partial charge in [-0.25, -0.2) is 0 Å². The summed E-state index contributed by atoms with van der Waals surface area (Å²) in [4.78, 5) is 15.2. The number of likely N-dealkylation sites (tertiary alicyclic amines) is 1.